The molecule has 1 amide bonds. The molecule has 1 saturated heterocycles. The second-order valence-corrected chi connectivity index (χ2v) is 5.05. The largest absolute Gasteiger partial charge is 0.341 e. The number of hydrogen-bond donors (Lipinski definition) is 1. The third kappa shape index (κ3) is 3.17. The molecule has 2 atom stereocenters. The van der Waals surface area contributed by atoms with Crippen molar-refractivity contribution in [2.45, 2.75) is 25.8 Å². The summed E-state index contributed by atoms with van der Waals surface area (Å²) in [5, 5.41) is 0. The molecule has 1 heterocycles. The van der Waals surface area contributed by atoms with Crippen molar-refractivity contribution in [1.82, 2.24) is 4.90 Å². The van der Waals surface area contributed by atoms with E-state index in [1.54, 1.807) is 11.8 Å². The van der Waals surface area contributed by atoms with Crippen molar-refractivity contribution < 1.29 is 4.79 Å². The first-order valence-corrected chi connectivity index (χ1v) is 6.58. The summed E-state index contributed by atoms with van der Waals surface area (Å²) >= 11 is 1.74. The van der Waals surface area contributed by atoms with Crippen molar-refractivity contribution in [2.75, 3.05) is 25.1 Å². The molecular weight excluding hydrogens is 196 g/mol. The summed E-state index contributed by atoms with van der Waals surface area (Å²) in [4.78, 5) is 13.7. The van der Waals surface area contributed by atoms with Crippen molar-refractivity contribution >= 4 is 17.7 Å². The molecule has 1 fully saturated rings. The Balaban J connectivity index is 2.32. The maximum Gasteiger partial charge on any atom is 0.239 e. The molecule has 0 aromatic rings. The maximum absolute atomic E-state index is 11.8. The highest BCUT2D eigenvalue weighted by Gasteiger charge is 2.26. The first-order valence-electron chi connectivity index (χ1n) is 5.18. The molecule has 1 aliphatic heterocycles. The first-order chi connectivity index (χ1) is 6.65. The highest BCUT2D eigenvalue weighted by Crippen LogP contribution is 2.16. The van der Waals surface area contributed by atoms with E-state index in [0.717, 1.165) is 31.7 Å². The van der Waals surface area contributed by atoms with Gasteiger partial charge in [-0.05, 0) is 30.8 Å². The van der Waals surface area contributed by atoms with Crippen molar-refractivity contribution in [3.05, 3.63) is 0 Å². The number of thioether (sulfide) groups is 1. The predicted molar refractivity (Wildman–Crippen MR) is 61.3 cm³/mol. The van der Waals surface area contributed by atoms with Gasteiger partial charge in [0.05, 0.1) is 6.04 Å². The second kappa shape index (κ2) is 5.61. The number of nitrogens with two attached hydrogens (primary N) is 1. The molecule has 0 spiro atoms. The summed E-state index contributed by atoms with van der Waals surface area (Å²) in [5.74, 6) is 1.76. The van der Waals surface area contributed by atoms with Gasteiger partial charge in [0.25, 0.3) is 0 Å². The molecule has 0 aromatic heterocycles. The van der Waals surface area contributed by atoms with E-state index in [1.165, 1.54) is 0 Å². The topological polar surface area (TPSA) is 46.3 Å². The molecule has 1 unspecified atom stereocenters. The van der Waals surface area contributed by atoms with Crippen LogP contribution in [-0.2, 0) is 4.79 Å². The standard InChI is InChI=1S/C10H20N2OS/c1-8-3-5-12(7-8)10(13)9(11)4-6-14-2/h8-9H,3-7,11H2,1-2H3/t8?,9-/m1/s1. The fraction of sp³-hybridized carbons (Fsp3) is 0.900. The maximum atomic E-state index is 11.8. The zero-order valence-corrected chi connectivity index (χ0v) is 9.85. The molecule has 0 aliphatic carbocycles. The Morgan fingerprint density at radius 2 is 2.43 bits per heavy atom. The fourth-order valence-corrected chi connectivity index (χ4v) is 2.23. The van der Waals surface area contributed by atoms with Gasteiger partial charge in [0.2, 0.25) is 5.91 Å². The third-order valence-electron chi connectivity index (χ3n) is 2.69. The lowest BCUT2D eigenvalue weighted by Gasteiger charge is -2.20. The van der Waals surface area contributed by atoms with Crippen LogP contribution in [0.1, 0.15) is 19.8 Å². The van der Waals surface area contributed by atoms with Gasteiger partial charge in [-0.25, -0.2) is 0 Å². The molecule has 82 valence electrons. The number of hydrogen-bond acceptors (Lipinski definition) is 3. The first kappa shape index (κ1) is 11.9. The predicted octanol–water partition coefficient (Wildman–Crippen LogP) is 0.935. The van der Waals surface area contributed by atoms with Gasteiger partial charge >= 0.3 is 0 Å². The van der Waals surface area contributed by atoms with E-state index in [-0.39, 0.29) is 11.9 Å². The van der Waals surface area contributed by atoms with Crippen molar-refractivity contribution in [1.29, 1.82) is 0 Å². The molecule has 3 nitrogen and oxygen atoms in total. The van der Waals surface area contributed by atoms with Gasteiger partial charge in [0.15, 0.2) is 0 Å². The van der Waals surface area contributed by atoms with Crippen LogP contribution < -0.4 is 5.73 Å². The number of rotatable bonds is 4. The quantitative estimate of drug-likeness (QED) is 0.760. The number of nitrogens with zero attached hydrogens (tertiary/aromatic N) is 1. The Morgan fingerprint density at radius 1 is 1.71 bits per heavy atom. The Morgan fingerprint density at radius 3 is 2.93 bits per heavy atom. The SMILES string of the molecule is CSCC[C@@H](N)C(=O)N1CCC(C)C1. The smallest absolute Gasteiger partial charge is 0.239 e. The molecular formula is C10H20N2OS. The van der Waals surface area contributed by atoms with Crippen molar-refractivity contribution in [2.24, 2.45) is 11.7 Å². The van der Waals surface area contributed by atoms with Crippen LogP contribution in [0.15, 0.2) is 0 Å². The lowest BCUT2D eigenvalue weighted by Crippen LogP contribution is -2.42. The lowest BCUT2D eigenvalue weighted by atomic mass is 10.2. The minimum atomic E-state index is -0.284. The monoisotopic (exact) mass is 216 g/mol. The number of likely N-dealkylation sites (tertiary alicyclic amines) is 1. The fourth-order valence-electron chi connectivity index (χ4n) is 1.74. The van der Waals surface area contributed by atoms with Crippen LogP contribution in [0.2, 0.25) is 0 Å². The van der Waals surface area contributed by atoms with Gasteiger partial charge in [-0.15, -0.1) is 0 Å². The van der Waals surface area contributed by atoms with E-state index in [9.17, 15) is 4.79 Å². The lowest BCUT2D eigenvalue weighted by molar-refractivity contribution is -0.131. The summed E-state index contributed by atoms with van der Waals surface area (Å²) in [7, 11) is 0. The number of carbonyl (C=O) groups is 1. The third-order valence-corrected chi connectivity index (χ3v) is 3.33. The minimum Gasteiger partial charge on any atom is -0.341 e. The van der Waals surface area contributed by atoms with Crippen LogP contribution in [0.5, 0.6) is 0 Å². The van der Waals surface area contributed by atoms with Gasteiger partial charge in [-0.2, -0.15) is 11.8 Å². The Labute approximate surface area is 90.4 Å². The number of carbonyl (C=O) groups excluding carboxylic acids is 1. The zero-order valence-electron chi connectivity index (χ0n) is 9.03. The Kier molecular flexibility index (Phi) is 4.75. The minimum absolute atomic E-state index is 0.142. The molecule has 14 heavy (non-hydrogen) atoms. The Hall–Kier alpha value is -0.220. The van der Waals surface area contributed by atoms with E-state index < -0.39 is 0 Å². The van der Waals surface area contributed by atoms with Crippen LogP contribution >= 0.6 is 11.8 Å². The van der Waals surface area contributed by atoms with E-state index in [1.807, 2.05) is 11.2 Å². The van der Waals surface area contributed by atoms with Gasteiger partial charge in [0, 0.05) is 13.1 Å². The molecule has 0 radical (unpaired) electrons. The molecule has 0 saturated carbocycles. The second-order valence-electron chi connectivity index (χ2n) is 4.07. The highest BCUT2D eigenvalue weighted by molar-refractivity contribution is 7.98. The van der Waals surface area contributed by atoms with Crippen molar-refractivity contribution in [3.8, 4) is 0 Å². The molecule has 0 bridgehead atoms. The van der Waals surface area contributed by atoms with Crippen LogP contribution in [-0.4, -0.2) is 41.9 Å². The molecule has 2 N–H and O–H groups in total. The van der Waals surface area contributed by atoms with Crippen LogP contribution in [0.4, 0.5) is 0 Å². The van der Waals surface area contributed by atoms with E-state index in [0.29, 0.717) is 5.92 Å². The van der Waals surface area contributed by atoms with Crippen LogP contribution in [0.25, 0.3) is 0 Å². The highest BCUT2D eigenvalue weighted by atomic mass is 32.2. The summed E-state index contributed by atoms with van der Waals surface area (Å²) in [6.07, 6.45) is 3.96. The van der Waals surface area contributed by atoms with E-state index in [2.05, 4.69) is 6.92 Å². The molecule has 1 rings (SSSR count). The normalized spacial score (nSPS) is 23.9. The van der Waals surface area contributed by atoms with Gasteiger partial charge in [-0.3, -0.25) is 4.79 Å². The van der Waals surface area contributed by atoms with E-state index >= 15 is 0 Å². The summed E-state index contributed by atoms with van der Waals surface area (Å²) in [6, 6.07) is -0.284. The summed E-state index contributed by atoms with van der Waals surface area (Å²) in [6.45, 7) is 3.97. The molecule has 4 heteroatoms. The van der Waals surface area contributed by atoms with Gasteiger partial charge in [0.1, 0.15) is 0 Å². The molecule has 1 aliphatic rings. The summed E-state index contributed by atoms with van der Waals surface area (Å²) in [5.41, 5.74) is 5.82. The summed E-state index contributed by atoms with van der Waals surface area (Å²) < 4.78 is 0. The molecule has 0 aromatic carbocycles. The van der Waals surface area contributed by atoms with Gasteiger partial charge < -0.3 is 10.6 Å². The average molecular weight is 216 g/mol. The zero-order chi connectivity index (χ0) is 10.6. The van der Waals surface area contributed by atoms with Crippen LogP contribution in [0.3, 0.4) is 0 Å². The van der Waals surface area contributed by atoms with Crippen LogP contribution in [0, 0.1) is 5.92 Å². The Bertz CT molecular complexity index is 199. The average Bonchev–Trinajstić information content (AvgIpc) is 2.60. The van der Waals surface area contributed by atoms with Crippen molar-refractivity contribution in [3.63, 3.8) is 0 Å². The van der Waals surface area contributed by atoms with E-state index in [4.69, 9.17) is 5.73 Å². The van der Waals surface area contributed by atoms with Gasteiger partial charge in [-0.1, -0.05) is 6.92 Å². The number of amides is 1.